The van der Waals surface area contributed by atoms with Gasteiger partial charge in [-0.2, -0.15) is 4.98 Å². The molecule has 2 aromatic carbocycles. The van der Waals surface area contributed by atoms with E-state index in [2.05, 4.69) is 30.9 Å². The van der Waals surface area contributed by atoms with E-state index in [9.17, 15) is 9.59 Å². The van der Waals surface area contributed by atoms with E-state index in [1.165, 1.54) is 0 Å². The molecule has 0 spiro atoms. The lowest BCUT2D eigenvalue weighted by Crippen LogP contribution is -2.41. The Morgan fingerprint density at radius 1 is 0.964 bits per heavy atom. The molecule has 0 atom stereocenters. The summed E-state index contributed by atoms with van der Waals surface area (Å²) in [6.45, 7) is 5.76. The van der Waals surface area contributed by atoms with E-state index in [-0.39, 0.29) is 16.9 Å². The van der Waals surface area contributed by atoms with E-state index in [0.717, 1.165) is 16.6 Å². The molecule has 0 saturated heterocycles. The van der Waals surface area contributed by atoms with Crippen LogP contribution in [0.15, 0.2) is 52.3 Å². The molecule has 0 unspecified atom stereocenters. The Morgan fingerprint density at radius 2 is 1.75 bits per heavy atom. The van der Waals surface area contributed by atoms with E-state index in [0.29, 0.717) is 11.8 Å². The maximum absolute atomic E-state index is 12.0. The summed E-state index contributed by atoms with van der Waals surface area (Å²) in [6, 6.07) is 9.49. The van der Waals surface area contributed by atoms with Gasteiger partial charge in [-0.25, -0.2) is 4.98 Å². The molecule has 4 N–H and O–H groups in total. The van der Waals surface area contributed by atoms with Crippen molar-refractivity contribution in [2.24, 2.45) is 0 Å². The van der Waals surface area contributed by atoms with Crippen LogP contribution in [0.5, 0.6) is 0 Å². The first-order chi connectivity index (χ1) is 13.3. The number of nitrogens with zero attached hydrogens (tertiary/aromatic N) is 2. The number of H-pyrrole nitrogens is 1. The Bertz CT molecular complexity index is 1230. The van der Waals surface area contributed by atoms with Crippen LogP contribution in [0.4, 0.5) is 28.8 Å². The summed E-state index contributed by atoms with van der Waals surface area (Å²) in [5, 5.41) is 10.2. The normalized spacial score (nSPS) is 11.7. The van der Waals surface area contributed by atoms with E-state index >= 15 is 0 Å². The molecule has 8 heteroatoms. The van der Waals surface area contributed by atoms with Crippen LogP contribution >= 0.6 is 0 Å². The second kappa shape index (κ2) is 6.49. The lowest BCUT2D eigenvalue weighted by molar-refractivity contribution is 0.632. The summed E-state index contributed by atoms with van der Waals surface area (Å²) >= 11 is 0. The molecule has 0 bridgehead atoms. The summed E-state index contributed by atoms with van der Waals surface area (Å²) in [5.41, 5.74) is 0.965. The third-order valence-corrected chi connectivity index (χ3v) is 4.13. The van der Waals surface area contributed by atoms with Crippen molar-refractivity contribution in [3.8, 4) is 0 Å². The fourth-order valence-corrected chi connectivity index (χ4v) is 2.88. The molecule has 0 saturated carbocycles. The molecule has 8 nitrogen and oxygen atoms in total. The molecule has 4 rings (SSSR count). The van der Waals surface area contributed by atoms with Crippen molar-refractivity contribution in [1.29, 1.82) is 0 Å². The molecule has 0 radical (unpaired) electrons. The van der Waals surface area contributed by atoms with Crippen molar-refractivity contribution < 1.29 is 0 Å². The smallest absolute Gasteiger partial charge is 0.253 e. The van der Waals surface area contributed by atoms with E-state index in [1.54, 1.807) is 12.3 Å². The fourth-order valence-electron chi connectivity index (χ4n) is 2.88. The zero-order chi connectivity index (χ0) is 19.9. The molecule has 0 aliphatic heterocycles. The lowest BCUT2D eigenvalue weighted by atomic mass is 10.1. The summed E-state index contributed by atoms with van der Waals surface area (Å²) in [7, 11) is 0. The Balaban J connectivity index is 1.55. The molecule has 0 aliphatic rings. The molecule has 2 aromatic heterocycles. The van der Waals surface area contributed by atoms with Gasteiger partial charge in [0.15, 0.2) is 0 Å². The van der Waals surface area contributed by atoms with Crippen LogP contribution in [-0.4, -0.2) is 20.5 Å². The predicted octanol–water partition coefficient (Wildman–Crippen LogP) is 3.25. The number of rotatable bonds is 5. The third-order valence-electron chi connectivity index (χ3n) is 4.13. The van der Waals surface area contributed by atoms with Crippen LogP contribution in [0.3, 0.4) is 0 Å². The number of aromatic amines is 1. The van der Waals surface area contributed by atoms with Gasteiger partial charge >= 0.3 is 0 Å². The summed E-state index contributed by atoms with van der Waals surface area (Å²) in [6.07, 6.45) is 3.46. The van der Waals surface area contributed by atoms with Crippen LogP contribution in [0, 0.1) is 0 Å². The standard InChI is InChI=1S/C20H20N6O2/c1-20(2,3)26-16-15(17(27)18(16)28)24-14-7-9-22-19(25-14)23-12-4-5-13-11(10-12)6-8-21-13/h4-10,21,26H,1-3H3,(H2,22,23,24,25). The Hall–Kier alpha value is -3.68. The Morgan fingerprint density at radius 3 is 2.54 bits per heavy atom. The zero-order valence-electron chi connectivity index (χ0n) is 15.8. The van der Waals surface area contributed by atoms with Crippen molar-refractivity contribution in [1.82, 2.24) is 15.0 Å². The van der Waals surface area contributed by atoms with Gasteiger partial charge < -0.3 is 20.9 Å². The predicted molar refractivity (Wildman–Crippen MR) is 112 cm³/mol. The van der Waals surface area contributed by atoms with Crippen molar-refractivity contribution in [3.05, 3.63) is 63.2 Å². The summed E-state index contributed by atoms with van der Waals surface area (Å²) in [5.74, 6) is 0.799. The van der Waals surface area contributed by atoms with Gasteiger partial charge in [-0.3, -0.25) is 9.59 Å². The monoisotopic (exact) mass is 376 g/mol. The number of nitrogens with one attached hydrogen (secondary N) is 4. The number of benzene rings is 1. The molecular weight excluding hydrogens is 356 g/mol. The van der Waals surface area contributed by atoms with Gasteiger partial charge in [0.05, 0.1) is 0 Å². The highest BCUT2D eigenvalue weighted by atomic mass is 16.2. The van der Waals surface area contributed by atoms with Crippen LogP contribution in [-0.2, 0) is 0 Å². The maximum Gasteiger partial charge on any atom is 0.253 e. The molecule has 0 aliphatic carbocycles. The molecule has 2 heterocycles. The topological polar surface area (TPSA) is 112 Å². The van der Waals surface area contributed by atoms with Crippen molar-refractivity contribution in [2.75, 3.05) is 16.0 Å². The third kappa shape index (κ3) is 3.44. The number of aromatic nitrogens is 3. The van der Waals surface area contributed by atoms with Gasteiger partial charge in [-0.1, -0.05) is 0 Å². The van der Waals surface area contributed by atoms with Gasteiger partial charge in [0.25, 0.3) is 10.9 Å². The Kier molecular flexibility index (Phi) is 4.11. The quantitative estimate of drug-likeness (QED) is 0.396. The highest BCUT2D eigenvalue weighted by molar-refractivity contribution is 5.83. The SMILES string of the molecule is CC(C)(C)Nc1c(Nc2ccnc(Nc3ccc4[nH]ccc4c3)n2)c(=O)c1=O. The summed E-state index contributed by atoms with van der Waals surface area (Å²) < 4.78 is 0. The average Bonchev–Trinajstić information content (AvgIpc) is 3.11. The summed E-state index contributed by atoms with van der Waals surface area (Å²) in [4.78, 5) is 35.6. The van der Waals surface area contributed by atoms with Crippen LogP contribution < -0.4 is 26.8 Å². The molecule has 28 heavy (non-hydrogen) atoms. The highest BCUT2D eigenvalue weighted by Gasteiger charge is 2.25. The van der Waals surface area contributed by atoms with Crippen molar-refractivity contribution in [3.63, 3.8) is 0 Å². The maximum atomic E-state index is 12.0. The first-order valence-corrected chi connectivity index (χ1v) is 8.86. The van der Waals surface area contributed by atoms with Gasteiger partial charge in [0.1, 0.15) is 17.2 Å². The Labute approximate surface area is 160 Å². The first kappa shape index (κ1) is 17.7. The zero-order valence-corrected chi connectivity index (χ0v) is 15.8. The van der Waals surface area contributed by atoms with Crippen molar-refractivity contribution in [2.45, 2.75) is 26.3 Å². The van der Waals surface area contributed by atoms with Crippen molar-refractivity contribution >= 4 is 39.7 Å². The van der Waals surface area contributed by atoms with E-state index in [1.807, 2.05) is 51.2 Å². The number of hydrogen-bond acceptors (Lipinski definition) is 7. The first-order valence-electron chi connectivity index (χ1n) is 8.86. The number of anilines is 5. The molecule has 4 aromatic rings. The average molecular weight is 376 g/mol. The highest BCUT2D eigenvalue weighted by Crippen LogP contribution is 2.24. The molecular formula is C20H20N6O2. The molecule has 0 amide bonds. The van der Waals surface area contributed by atoms with Gasteiger partial charge in [-0.15, -0.1) is 0 Å². The molecule has 0 fully saturated rings. The molecule has 142 valence electrons. The minimum atomic E-state index is -0.558. The minimum Gasteiger partial charge on any atom is -0.375 e. The minimum absolute atomic E-state index is 0.221. The van der Waals surface area contributed by atoms with Crippen LogP contribution in [0.2, 0.25) is 0 Å². The largest absolute Gasteiger partial charge is 0.375 e. The van der Waals surface area contributed by atoms with E-state index < -0.39 is 10.9 Å². The van der Waals surface area contributed by atoms with Gasteiger partial charge in [0, 0.05) is 34.5 Å². The number of hydrogen-bond donors (Lipinski definition) is 4. The lowest BCUT2D eigenvalue weighted by Gasteiger charge is -2.24. The van der Waals surface area contributed by atoms with Gasteiger partial charge in [0.2, 0.25) is 5.95 Å². The second-order valence-electron chi connectivity index (χ2n) is 7.58. The van der Waals surface area contributed by atoms with Gasteiger partial charge in [-0.05, 0) is 51.1 Å². The second-order valence-corrected chi connectivity index (χ2v) is 7.58. The fraction of sp³-hybridized carbons (Fsp3) is 0.200. The van der Waals surface area contributed by atoms with E-state index in [4.69, 9.17) is 0 Å². The number of fused-ring (bicyclic) bond motifs is 1. The van der Waals surface area contributed by atoms with Crippen LogP contribution in [0.1, 0.15) is 20.8 Å². The van der Waals surface area contributed by atoms with Crippen LogP contribution in [0.25, 0.3) is 10.9 Å².